The summed E-state index contributed by atoms with van der Waals surface area (Å²) in [4.78, 5) is 12.3. The minimum absolute atomic E-state index is 0.0344. The first-order chi connectivity index (χ1) is 8.79. The SMILES string of the molecule is NC[C@H]1O[C@@H](n2cnc3c(N)ncnc32)[C@H]2O[C@H]21. The maximum Gasteiger partial charge on any atom is 0.167 e. The van der Waals surface area contributed by atoms with Gasteiger partial charge in [0, 0.05) is 6.54 Å². The van der Waals surface area contributed by atoms with E-state index in [9.17, 15) is 0 Å². The van der Waals surface area contributed by atoms with Gasteiger partial charge in [0.05, 0.1) is 6.33 Å². The zero-order valence-corrected chi connectivity index (χ0v) is 9.43. The molecule has 4 rings (SSSR count). The van der Waals surface area contributed by atoms with Gasteiger partial charge in [0.1, 0.15) is 30.2 Å². The minimum atomic E-state index is -0.233. The van der Waals surface area contributed by atoms with E-state index < -0.39 is 0 Å². The summed E-state index contributed by atoms with van der Waals surface area (Å²) >= 11 is 0. The Hall–Kier alpha value is -1.77. The second-order valence-electron chi connectivity index (χ2n) is 4.45. The van der Waals surface area contributed by atoms with Gasteiger partial charge in [-0.1, -0.05) is 0 Å². The van der Waals surface area contributed by atoms with Gasteiger partial charge in [0.25, 0.3) is 0 Å². The maximum absolute atomic E-state index is 5.84. The summed E-state index contributed by atoms with van der Waals surface area (Å²) in [6.45, 7) is 0.446. The van der Waals surface area contributed by atoms with Gasteiger partial charge in [-0.25, -0.2) is 15.0 Å². The molecule has 0 bridgehead atoms. The number of epoxide rings is 1. The molecule has 2 aliphatic rings. The first-order valence-corrected chi connectivity index (χ1v) is 5.73. The van der Waals surface area contributed by atoms with Crippen LogP contribution in [0.4, 0.5) is 5.82 Å². The zero-order valence-electron chi connectivity index (χ0n) is 9.43. The Morgan fingerprint density at radius 2 is 2.11 bits per heavy atom. The van der Waals surface area contributed by atoms with Crippen molar-refractivity contribution in [2.24, 2.45) is 5.73 Å². The van der Waals surface area contributed by atoms with E-state index in [4.69, 9.17) is 20.9 Å². The molecule has 8 nitrogen and oxygen atoms in total. The van der Waals surface area contributed by atoms with Crippen LogP contribution in [0.1, 0.15) is 6.23 Å². The molecule has 2 aromatic rings. The smallest absolute Gasteiger partial charge is 0.167 e. The molecule has 0 aliphatic carbocycles. The molecule has 4 N–H and O–H groups in total. The lowest BCUT2D eigenvalue weighted by Gasteiger charge is -2.17. The van der Waals surface area contributed by atoms with E-state index in [0.717, 1.165) is 0 Å². The number of nitrogens with zero attached hydrogens (tertiary/aromatic N) is 4. The number of rotatable bonds is 2. The number of fused-ring (bicyclic) bond motifs is 2. The van der Waals surface area contributed by atoms with E-state index >= 15 is 0 Å². The molecule has 4 atom stereocenters. The Bertz CT molecular complexity index is 613. The molecule has 0 spiro atoms. The molecule has 0 amide bonds. The summed E-state index contributed by atoms with van der Waals surface area (Å²) in [5.41, 5.74) is 12.6. The summed E-state index contributed by atoms with van der Waals surface area (Å²) in [6.07, 6.45) is 2.90. The van der Waals surface area contributed by atoms with Crippen LogP contribution in [0.15, 0.2) is 12.7 Å². The predicted octanol–water partition coefficient (Wildman–Crippen LogP) is -0.968. The molecule has 2 aromatic heterocycles. The fraction of sp³-hybridized carbons (Fsp3) is 0.500. The van der Waals surface area contributed by atoms with Crippen LogP contribution in [0.5, 0.6) is 0 Å². The van der Waals surface area contributed by atoms with Crippen molar-refractivity contribution in [1.82, 2.24) is 19.5 Å². The fourth-order valence-corrected chi connectivity index (χ4v) is 2.47. The first-order valence-electron chi connectivity index (χ1n) is 5.73. The summed E-state index contributed by atoms with van der Waals surface area (Å²) in [6, 6.07) is 0. The third-order valence-electron chi connectivity index (χ3n) is 3.42. The van der Waals surface area contributed by atoms with Crippen LogP contribution in [0.25, 0.3) is 11.2 Å². The van der Waals surface area contributed by atoms with Gasteiger partial charge in [-0.2, -0.15) is 0 Å². The molecule has 8 heteroatoms. The number of hydrogen-bond donors (Lipinski definition) is 2. The zero-order chi connectivity index (χ0) is 12.3. The van der Waals surface area contributed by atoms with Crippen molar-refractivity contribution in [2.75, 3.05) is 12.3 Å². The topological polar surface area (TPSA) is 117 Å². The standard InChI is InChI=1S/C10H12N6O2/c11-1-4-6-7(18-6)10(17-4)16-3-15-5-8(12)13-2-14-9(5)16/h2-4,6-7,10H,1,11H2,(H2,12,13,14)/t4-,6+,7+,10-/m1/s1. The van der Waals surface area contributed by atoms with Crippen molar-refractivity contribution in [3.05, 3.63) is 12.7 Å². The van der Waals surface area contributed by atoms with Gasteiger partial charge in [0.2, 0.25) is 0 Å². The molecule has 4 heterocycles. The third-order valence-corrected chi connectivity index (χ3v) is 3.42. The Morgan fingerprint density at radius 1 is 1.22 bits per heavy atom. The van der Waals surface area contributed by atoms with Gasteiger partial charge in [-0.05, 0) is 0 Å². The molecule has 0 saturated carbocycles. The fourth-order valence-electron chi connectivity index (χ4n) is 2.47. The second-order valence-corrected chi connectivity index (χ2v) is 4.45. The Labute approximate surface area is 102 Å². The second kappa shape index (κ2) is 3.37. The van der Waals surface area contributed by atoms with Crippen molar-refractivity contribution < 1.29 is 9.47 Å². The van der Waals surface area contributed by atoms with Gasteiger partial charge in [-0.15, -0.1) is 0 Å². The van der Waals surface area contributed by atoms with Gasteiger partial charge >= 0.3 is 0 Å². The Morgan fingerprint density at radius 3 is 2.89 bits per heavy atom. The van der Waals surface area contributed by atoms with Crippen LogP contribution < -0.4 is 11.5 Å². The average Bonchev–Trinajstić information content (AvgIpc) is 2.91. The maximum atomic E-state index is 5.84. The lowest BCUT2D eigenvalue weighted by atomic mass is 10.2. The summed E-state index contributed by atoms with van der Waals surface area (Å²) in [5, 5.41) is 0. The van der Waals surface area contributed by atoms with Crippen LogP contribution in [0.3, 0.4) is 0 Å². The van der Waals surface area contributed by atoms with Gasteiger partial charge in [0.15, 0.2) is 17.7 Å². The molecule has 18 heavy (non-hydrogen) atoms. The summed E-state index contributed by atoms with van der Waals surface area (Å²) in [5.74, 6) is 0.361. The minimum Gasteiger partial charge on any atom is -0.382 e. The molecular weight excluding hydrogens is 236 g/mol. The van der Waals surface area contributed by atoms with E-state index in [2.05, 4.69) is 15.0 Å². The van der Waals surface area contributed by atoms with Crippen LogP contribution in [-0.4, -0.2) is 44.4 Å². The monoisotopic (exact) mass is 248 g/mol. The average molecular weight is 248 g/mol. The predicted molar refractivity (Wildman–Crippen MR) is 61.4 cm³/mol. The number of nitrogens with two attached hydrogens (primary N) is 2. The number of ether oxygens (including phenoxy) is 2. The molecule has 2 fully saturated rings. The highest BCUT2D eigenvalue weighted by molar-refractivity contribution is 5.81. The summed E-state index contributed by atoms with van der Waals surface area (Å²) < 4.78 is 13.2. The number of aromatic nitrogens is 4. The van der Waals surface area contributed by atoms with Crippen molar-refractivity contribution in [3.8, 4) is 0 Å². The Kier molecular flexibility index (Phi) is 1.91. The number of hydrogen-bond acceptors (Lipinski definition) is 7. The van der Waals surface area contributed by atoms with Gasteiger partial charge in [-0.3, -0.25) is 4.57 Å². The van der Waals surface area contributed by atoms with Crippen LogP contribution in [-0.2, 0) is 9.47 Å². The Balaban J connectivity index is 1.78. The molecular formula is C10H12N6O2. The first kappa shape index (κ1) is 10.2. The molecule has 2 aliphatic heterocycles. The quantitative estimate of drug-likeness (QED) is 0.656. The molecule has 0 unspecified atom stereocenters. The molecule has 0 radical (unpaired) electrons. The highest BCUT2D eigenvalue weighted by atomic mass is 16.7. The third kappa shape index (κ3) is 1.22. The largest absolute Gasteiger partial charge is 0.382 e. The van der Waals surface area contributed by atoms with Crippen molar-refractivity contribution in [2.45, 2.75) is 24.5 Å². The highest BCUT2D eigenvalue weighted by Gasteiger charge is 2.58. The van der Waals surface area contributed by atoms with E-state index in [-0.39, 0.29) is 24.5 Å². The molecule has 2 saturated heterocycles. The number of anilines is 1. The van der Waals surface area contributed by atoms with Crippen LogP contribution in [0.2, 0.25) is 0 Å². The highest BCUT2D eigenvalue weighted by Crippen LogP contribution is 2.45. The van der Waals surface area contributed by atoms with Crippen molar-refractivity contribution in [3.63, 3.8) is 0 Å². The van der Waals surface area contributed by atoms with Crippen LogP contribution in [0, 0.1) is 0 Å². The molecule has 94 valence electrons. The van der Waals surface area contributed by atoms with E-state index in [1.54, 1.807) is 6.33 Å². The summed E-state index contributed by atoms with van der Waals surface area (Å²) in [7, 11) is 0. The normalized spacial score (nSPS) is 33.8. The van der Waals surface area contributed by atoms with Crippen LogP contribution >= 0.6 is 0 Å². The van der Waals surface area contributed by atoms with E-state index in [1.807, 2.05) is 4.57 Å². The van der Waals surface area contributed by atoms with Gasteiger partial charge < -0.3 is 20.9 Å². The van der Waals surface area contributed by atoms with Crippen molar-refractivity contribution in [1.29, 1.82) is 0 Å². The van der Waals surface area contributed by atoms with Crippen molar-refractivity contribution >= 4 is 17.0 Å². The van der Waals surface area contributed by atoms with E-state index in [1.165, 1.54) is 6.33 Å². The number of imidazole rings is 1. The van der Waals surface area contributed by atoms with E-state index in [0.29, 0.717) is 23.5 Å². The number of nitrogen functional groups attached to an aromatic ring is 1. The lowest BCUT2D eigenvalue weighted by molar-refractivity contribution is -0.0606. The molecule has 0 aromatic carbocycles. The lowest BCUT2D eigenvalue weighted by Crippen LogP contribution is -2.26.